The van der Waals surface area contributed by atoms with Crippen LogP contribution in [0.5, 0.6) is 0 Å². The number of nitrogens with one attached hydrogen (secondary N) is 1. The van der Waals surface area contributed by atoms with E-state index in [2.05, 4.69) is 10.2 Å². The minimum Gasteiger partial charge on any atom is -0.469 e. The Morgan fingerprint density at radius 1 is 1.30 bits per heavy atom. The number of nitro benzene ring substituents is 1. The lowest BCUT2D eigenvalue weighted by atomic mass is 9.97. The summed E-state index contributed by atoms with van der Waals surface area (Å²) in [6, 6.07) is 6.42. The number of aliphatic imine (C=N–C) groups is 1. The maximum Gasteiger partial charge on any atom is 0.308 e. The second-order valence-electron chi connectivity index (χ2n) is 6.83. The molecule has 168 valence electrons. The van der Waals surface area contributed by atoms with Crippen LogP contribution >= 0.6 is 24.0 Å². The predicted octanol–water partition coefficient (Wildman–Crippen LogP) is 2.97. The molecule has 1 saturated heterocycles. The van der Waals surface area contributed by atoms with Gasteiger partial charge in [0.1, 0.15) is 0 Å². The molecule has 1 aliphatic rings. The van der Waals surface area contributed by atoms with Crippen molar-refractivity contribution < 1.29 is 19.2 Å². The summed E-state index contributed by atoms with van der Waals surface area (Å²) in [5.41, 5.74) is 0.963. The molecule has 0 unspecified atom stereocenters. The van der Waals surface area contributed by atoms with Crippen LogP contribution in [-0.4, -0.2) is 61.7 Å². The van der Waals surface area contributed by atoms with Crippen molar-refractivity contribution in [3.05, 3.63) is 39.9 Å². The number of hydrogen-bond acceptors (Lipinski definition) is 6. The van der Waals surface area contributed by atoms with Gasteiger partial charge in [-0.3, -0.25) is 14.9 Å². The summed E-state index contributed by atoms with van der Waals surface area (Å²) in [6.07, 6.45) is 2.32. The fourth-order valence-corrected chi connectivity index (χ4v) is 3.17. The fourth-order valence-electron chi connectivity index (χ4n) is 3.17. The Kier molecular flexibility index (Phi) is 12.3. The van der Waals surface area contributed by atoms with Crippen LogP contribution in [0.15, 0.2) is 29.3 Å². The van der Waals surface area contributed by atoms with Crippen LogP contribution in [0.3, 0.4) is 0 Å². The quantitative estimate of drug-likeness (QED) is 0.0988. The fraction of sp³-hybridized carbons (Fsp3) is 0.600. The predicted molar refractivity (Wildman–Crippen MR) is 125 cm³/mol. The Balaban J connectivity index is 0.00000450. The van der Waals surface area contributed by atoms with Gasteiger partial charge in [-0.05, 0) is 31.7 Å². The first-order chi connectivity index (χ1) is 14.0. The smallest absolute Gasteiger partial charge is 0.308 e. The van der Waals surface area contributed by atoms with E-state index in [-0.39, 0.29) is 41.6 Å². The molecule has 0 radical (unpaired) electrons. The van der Waals surface area contributed by atoms with E-state index in [1.54, 1.807) is 12.1 Å². The van der Waals surface area contributed by atoms with Crippen molar-refractivity contribution in [1.29, 1.82) is 0 Å². The van der Waals surface area contributed by atoms with E-state index in [0.29, 0.717) is 19.8 Å². The third kappa shape index (κ3) is 8.42. The summed E-state index contributed by atoms with van der Waals surface area (Å²) in [4.78, 5) is 29.0. The van der Waals surface area contributed by atoms with Crippen LogP contribution in [0.4, 0.5) is 5.69 Å². The topological polar surface area (TPSA) is 106 Å². The summed E-state index contributed by atoms with van der Waals surface area (Å²) < 4.78 is 10.2. The van der Waals surface area contributed by atoms with E-state index < -0.39 is 4.92 Å². The molecule has 0 bridgehead atoms. The Labute approximate surface area is 194 Å². The van der Waals surface area contributed by atoms with Gasteiger partial charge in [-0.2, -0.15) is 0 Å². The molecule has 1 aliphatic heterocycles. The van der Waals surface area contributed by atoms with Gasteiger partial charge < -0.3 is 19.7 Å². The molecule has 2 rings (SSSR count). The van der Waals surface area contributed by atoms with Crippen molar-refractivity contribution in [2.75, 3.05) is 40.0 Å². The van der Waals surface area contributed by atoms with Gasteiger partial charge in [0.05, 0.1) is 24.5 Å². The number of benzene rings is 1. The van der Waals surface area contributed by atoms with Gasteiger partial charge in [-0.25, -0.2) is 4.99 Å². The SMILES string of the molecule is CCOCCCNC(=NCc1ccc([N+](=O)[O-])cc1)N1CCC(C(=O)OC)CC1.I. The molecular weight excluding hydrogens is 503 g/mol. The Bertz CT molecular complexity index is 691. The summed E-state index contributed by atoms with van der Waals surface area (Å²) >= 11 is 0. The van der Waals surface area contributed by atoms with Gasteiger partial charge in [-0.15, -0.1) is 24.0 Å². The summed E-state index contributed by atoms with van der Waals surface area (Å²) in [7, 11) is 1.42. The van der Waals surface area contributed by atoms with E-state index in [4.69, 9.17) is 14.5 Å². The summed E-state index contributed by atoms with van der Waals surface area (Å²) in [5.74, 6) is 0.562. The molecule has 9 nitrogen and oxygen atoms in total. The molecule has 1 aromatic carbocycles. The van der Waals surface area contributed by atoms with Crippen molar-refractivity contribution in [1.82, 2.24) is 10.2 Å². The minimum absolute atomic E-state index is 0. The molecule has 0 aliphatic carbocycles. The monoisotopic (exact) mass is 534 g/mol. The van der Waals surface area contributed by atoms with Crippen LogP contribution in [0.2, 0.25) is 0 Å². The van der Waals surface area contributed by atoms with E-state index >= 15 is 0 Å². The number of rotatable bonds is 9. The van der Waals surface area contributed by atoms with Crippen molar-refractivity contribution in [2.24, 2.45) is 10.9 Å². The second-order valence-corrected chi connectivity index (χ2v) is 6.83. The zero-order chi connectivity index (χ0) is 21.1. The van der Waals surface area contributed by atoms with Gasteiger partial charge in [0.2, 0.25) is 0 Å². The molecule has 1 N–H and O–H groups in total. The molecule has 0 atom stereocenters. The standard InChI is InChI=1S/C20H30N4O5.HI/c1-3-29-14-4-11-21-20(23-12-9-17(10-13-23)19(25)28-2)22-15-16-5-7-18(8-6-16)24(26)27;/h5-8,17H,3-4,9-15H2,1-2H3,(H,21,22);1H. The number of methoxy groups -OCH3 is 1. The van der Waals surface area contributed by atoms with Crippen LogP contribution in [0, 0.1) is 16.0 Å². The highest BCUT2D eigenvalue weighted by atomic mass is 127. The Morgan fingerprint density at radius 3 is 2.53 bits per heavy atom. The van der Waals surface area contributed by atoms with Crippen LogP contribution < -0.4 is 5.32 Å². The number of halogens is 1. The van der Waals surface area contributed by atoms with Crippen molar-refractivity contribution in [3.8, 4) is 0 Å². The maximum absolute atomic E-state index is 11.8. The lowest BCUT2D eigenvalue weighted by Crippen LogP contribution is -2.47. The third-order valence-corrected chi connectivity index (χ3v) is 4.84. The highest BCUT2D eigenvalue weighted by Crippen LogP contribution is 2.19. The minimum atomic E-state index is -0.413. The average molecular weight is 534 g/mol. The number of non-ortho nitro benzene ring substituents is 1. The highest BCUT2D eigenvalue weighted by Gasteiger charge is 2.27. The van der Waals surface area contributed by atoms with Gasteiger partial charge in [-0.1, -0.05) is 12.1 Å². The molecule has 1 fully saturated rings. The number of piperidine rings is 1. The molecule has 10 heteroatoms. The molecule has 0 aromatic heterocycles. The summed E-state index contributed by atoms with van der Waals surface area (Å²) in [5, 5.41) is 14.2. The zero-order valence-electron chi connectivity index (χ0n) is 17.5. The van der Waals surface area contributed by atoms with Gasteiger partial charge in [0.15, 0.2) is 5.96 Å². The second kappa shape index (κ2) is 14.1. The number of hydrogen-bond donors (Lipinski definition) is 1. The molecule has 1 heterocycles. The van der Waals surface area contributed by atoms with Crippen molar-refractivity contribution in [3.63, 3.8) is 0 Å². The van der Waals surface area contributed by atoms with E-state index in [1.165, 1.54) is 19.2 Å². The molecule has 30 heavy (non-hydrogen) atoms. The average Bonchev–Trinajstić information content (AvgIpc) is 2.75. The first kappa shape index (κ1) is 26.1. The van der Waals surface area contributed by atoms with E-state index in [1.807, 2.05) is 6.92 Å². The van der Waals surface area contributed by atoms with Gasteiger partial charge in [0, 0.05) is 45.0 Å². The van der Waals surface area contributed by atoms with E-state index in [9.17, 15) is 14.9 Å². The first-order valence-corrected chi connectivity index (χ1v) is 9.97. The number of nitro groups is 1. The molecule has 0 amide bonds. The van der Waals surface area contributed by atoms with Crippen LogP contribution in [0.25, 0.3) is 0 Å². The number of guanidine groups is 1. The van der Waals surface area contributed by atoms with Crippen LogP contribution in [0.1, 0.15) is 31.7 Å². The number of esters is 1. The summed E-state index contributed by atoms with van der Waals surface area (Å²) in [6.45, 7) is 5.94. The number of carbonyl (C=O) groups excluding carboxylic acids is 1. The Hall–Kier alpha value is -1.95. The number of ether oxygens (including phenoxy) is 2. The molecule has 0 spiro atoms. The number of likely N-dealkylation sites (tertiary alicyclic amines) is 1. The lowest BCUT2D eigenvalue weighted by molar-refractivity contribution is -0.384. The molecule has 1 aromatic rings. The first-order valence-electron chi connectivity index (χ1n) is 9.97. The maximum atomic E-state index is 11.8. The largest absolute Gasteiger partial charge is 0.469 e. The number of carbonyl (C=O) groups is 1. The van der Waals surface area contributed by atoms with Crippen LogP contribution in [-0.2, 0) is 20.8 Å². The van der Waals surface area contributed by atoms with Gasteiger partial charge >= 0.3 is 5.97 Å². The highest BCUT2D eigenvalue weighted by molar-refractivity contribution is 14.0. The third-order valence-electron chi connectivity index (χ3n) is 4.84. The van der Waals surface area contributed by atoms with E-state index in [0.717, 1.165) is 50.4 Å². The molecular formula is C20H31IN4O5. The lowest BCUT2D eigenvalue weighted by Gasteiger charge is -2.33. The normalized spacial score (nSPS) is 14.7. The van der Waals surface area contributed by atoms with Crippen molar-refractivity contribution >= 4 is 41.6 Å². The Morgan fingerprint density at radius 2 is 1.97 bits per heavy atom. The zero-order valence-corrected chi connectivity index (χ0v) is 19.9. The van der Waals surface area contributed by atoms with Gasteiger partial charge in [0.25, 0.3) is 5.69 Å². The molecule has 0 saturated carbocycles. The number of nitrogens with zero attached hydrogens (tertiary/aromatic N) is 3. The van der Waals surface area contributed by atoms with Crippen molar-refractivity contribution in [2.45, 2.75) is 32.7 Å².